The Balaban J connectivity index is 0. The normalized spacial score (nSPS) is 10.2. The third-order valence-corrected chi connectivity index (χ3v) is 15.0. The molecule has 10 N–H and O–H groups in total. The molecule has 5 rings (SSSR count). The van der Waals surface area contributed by atoms with Crippen LogP contribution in [-0.4, -0.2) is 133 Å². The molecule has 5 aromatic rings. The van der Waals surface area contributed by atoms with Gasteiger partial charge in [0.15, 0.2) is 0 Å². The number of rotatable bonds is 28. The van der Waals surface area contributed by atoms with Crippen LogP contribution < -0.4 is 31.5 Å². The monoisotopic (exact) mass is 1520 g/mol. The molecule has 0 unspecified atom stereocenters. The van der Waals surface area contributed by atoms with Gasteiger partial charge in [-0.25, -0.2) is 0 Å². The number of hydrogen-bond donors (Lipinski definition) is 8. The van der Waals surface area contributed by atoms with Crippen molar-refractivity contribution in [2.75, 3.05) is 128 Å². The number of anilines is 5. The van der Waals surface area contributed by atoms with Crippen LogP contribution >= 0.6 is 110 Å². The van der Waals surface area contributed by atoms with Gasteiger partial charge >= 0.3 is 0 Å². The fourth-order valence-electron chi connectivity index (χ4n) is 7.36. The molecule has 0 fully saturated rings. The molecule has 0 spiro atoms. The summed E-state index contributed by atoms with van der Waals surface area (Å²) in [5.74, 6) is 2.59. The molecule has 1 radical (unpaired) electrons. The van der Waals surface area contributed by atoms with Gasteiger partial charge in [-0.05, 0) is 120 Å². The SMILES string of the molecule is CCCN(CCC)c1ccc(Br)c(CN(CCCl)CCCl)c1.ClCCNCCCl.Nc1ccc(Br)c(CO)c1.Nc1cccc(CO)c1.OCCN(CCO)c1ccc(Br)c(CO)c1.[CH2-]c1cc(N(CCC)CCC)ccc1Br.[Y]. The summed E-state index contributed by atoms with van der Waals surface area (Å²) < 4.78 is 3.98. The second-order valence-corrected chi connectivity index (χ2v) is 22.5. The summed E-state index contributed by atoms with van der Waals surface area (Å²) in [6, 6.07) is 31.1. The Morgan fingerprint density at radius 2 is 0.863 bits per heavy atom. The molecule has 0 aliphatic rings. The van der Waals surface area contributed by atoms with Crippen molar-refractivity contribution in [2.24, 2.45) is 0 Å². The number of hydrogen-bond acceptors (Lipinski definition) is 12. The second kappa shape index (κ2) is 52.2. The number of alkyl halides is 4. The molecule has 449 valence electrons. The quantitative estimate of drug-likeness (QED) is 0.0103. The Labute approximate surface area is 559 Å². The average molecular weight is 1530 g/mol. The minimum Gasteiger partial charge on any atom is -0.399 e. The molecular formula is C59H88Br4Cl4N7O5Y-. The summed E-state index contributed by atoms with van der Waals surface area (Å²) in [5, 5.41) is 47.4. The molecule has 12 nitrogen and oxygen atoms in total. The third-order valence-electron chi connectivity index (χ3n) is 11.2. The van der Waals surface area contributed by atoms with Crippen LogP contribution in [0.3, 0.4) is 0 Å². The van der Waals surface area contributed by atoms with Crippen LogP contribution in [0.5, 0.6) is 0 Å². The van der Waals surface area contributed by atoms with E-state index < -0.39 is 0 Å². The van der Waals surface area contributed by atoms with Crippen LogP contribution in [0.4, 0.5) is 28.4 Å². The first-order valence-corrected chi connectivity index (χ1v) is 31.9. The van der Waals surface area contributed by atoms with E-state index in [0.717, 1.165) is 118 Å². The summed E-state index contributed by atoms with van der Waals surface area (Å²) in [6.07, 6.45) is 4.69. The molecule has 0 aliphatic carbocycles. The van der Waals surface area contributed by atoms with Crippen LogP contribution in [0.1, 0.15) is 81.2 Å². The predicted molar refractivity (Wildman–Crippen MR) is 357 cm³/mol. The Hall–Kier alpha value is -1.13. The molecule has 0 atom stereocenters. The van der Waals surface area contributed by atoms with Crippen LogP contribution in [0.15, 0.2) is 115 Å². The van der Waals surface area contributed by atoms with Crippen molar-refractivity contribution < 1.29 is 58.2 Å². The Bertz CT molecular complexity index is 2300. The molecule has 0 amide bonds. The van der Waals surface area contributed by atoms with Gasteiger partial charge in [0, 0.05) is 164 Å². The zero-order valence-electron chi connectivity index (χ0n) is 47.2. The van der Waals surface area contributed by atoms with E-state index in [-0.39, 0.29) is 65.7 Å². The van der Waals surface area contributed by atoms with Crippen molar-refractivity contribution in [3.8, 4) is 0 Å². The standard InChI is InChI=1S/C17H27BrCl2N2.C13H19BrN.C11H16BrNO3.C7H8BrNO.C7H9NO.C4H9Cl2N.Y/c1-3-9-22(10-4-2)16-5-6-17(18)15(13-16)14-21(11-7-19)12-8-20;1-4-8-15(9-5-2)12-6-7-13(14)11(3)10-12;12-11-2-1-10(7-9(11)8-16)13(3-5-14)4-6-15;8-7-2-1-6(9)3-5(7)4-10;8-7-3-1-2-6(4-7)5-9;5-1-3-7-4-2-6;/h5-6,13H,3-4,7-12,14H2,1-2H3;6-7,10H,3-5,8-9H2,1-2H3;1-2,7,14-16H,3-6,8H2;1-3,10H,4,9H2;1-4,9H,5,8H2;7H,1-4H2;/q;-1;;;;;. The van der Waals surface area contributed by atoms with Gasteiger partial charge in [0.25, 0.3) is 0 Å². The molecule has 0 aliphatic heterocycles. The van der Waals surface area contributed by atoms with Gasteiger partial charge < -0.3 is 57.0 Å². The number of aliphatic hydroxyl groups excluding tert-OH is 5. The van der Waals surface area contributed by atoms with Crippen LogP contribution in [0.25, 0.3) is 0 Å². The van der Waals surface area contributed by atoms with Crippen molar-refractivity contribution >= 4 is 139 Å². The number of halogens is 8. The molecule has 0 saturated carbocycles. The number of nitrogens with two attached hydrogens (primary N) is 2. The average Bonchev–Trinajstić information content (AvgIpc) is 3.44. The summed E-state index contributed by atoms with van der Waals surface area (Å²) in [6.45, 7) is 22.7. The number of aliphatic hydroxyl groups is 5. The molecular weight excluding hydrogens is 1440 g/mol. The van der Waals surface area contributed by atoms with Gasteiger partial charge in [0.2, 0.25) is 0 Å². The van der Waals surface area contributed by atoms with Gasteiger partial charge in [-0.3, -0.25) is 4.90 Å². The van der Waals surface area contributed by atoms with Crippen LogP contribution in [-0.2, 0) is 59.1 Å². The van der Waals surface area contributed by atoms with E-state index in [4.69, 9.17) is 83.4 Å². The molecule has 5 aromatic carbocycles. The molecule has 0 saturated heterocycles. The zero-order chi connectivity index (χ0) is 59.4. The fourth-order valence-corrected chi connectivity index (χ4v) is 9.47. The van der Waals surface area contributed by atoms with Crippen molar-refractivity contribution in [1.82, 2.24) is 10.2 Å². The smallest absolute Gasteiger partial charge is 0.0693 e. The Kier molecular flexibility index (Phi) is 52.8. The Morgan fingerprint density at radius 3 is 1.24 bits per heavy atom. The zero-order valence-corrected chi connectivity index (χ0v) is 59.4. The molecule has 0 aromatic heterocycles. The first-order valence-electron chi connectivity index (χ1n) is 26.6. The first-order chi connectivity index (χ1) is 38.0. The first kappa shape index (κ1) is 80.9. The number of nitrogens with zero attached hydrogens (tertiary/aromatic N) is 4. The summed E-state index contributed by atoms with van der Waals surface area (Å²) in [4.78, 5) is 9.05. The van der Waals surface area contributed by atoms with Crippen LogP contribution in [0, 0.1) is 6.92 Å². The van der Waals surface area contributed by atoms with E-state index in [2.05, 4.69) is 155 Å². The van der Waals surface area contributed by atoms with Gasteiger partial charge in [0.05, 0.1) is 33.0 Å². The molecule has 21 heteroatoms. The van der Waals surface area contributed by atoms with Gasteiger partial charge in [-0.2, -0.15) is 12.5 Å². The second-order valence-electron chi connectivity index (χ2n) is 17.6. The van der Waals surface area contributed by atoms with Crippen molar-refractivity contribution in [2.45, 2.75) is 79.7 Å². The maximum Gasteiger partial charge on any atom is 0.0693 e. The molecule has 80 heavy (non-hydrogen) atoms. The van der Waals surface area contributed by atoms with E-state index in [1.54, 1.807) is 24.3 Å². The van der Waals surface area contributed by atoms with Gasteiger partial charge in [0.1, 0.15) is 0 Å². The van der Waals surface area contributed by atoms with E-state index in [0.29, 0.717) is 48.0 Å². The van der Waals surface area contributed by atoms with E-state index >= 15 is 0 Å². The van der Waals surface area contributed by atoms with Crippen molar-refractivity contribution in [1.29, 1.82) is 0 Å². The largest absolute Gasteiger partial charge is 0.399 e. The topological polar surface area (TPSA) is 178 Å². The summed E-state index contributed by atoms with van der Waals surface area (Å²) in [5.41, 5.74) is 20.6. The number of nitrogens with one attached hydrogen (secondary N) is 1. The van der Waals surface area contributed by atoms with Gasteiger partial charge in [-0.15, -0.1) is 74.5 Å². The van der Waals surface area contributed by atoms with Crippen LogP contribution in [0.2, 0.25) is 0 Å². The molecule has 0 heterocycles. The minimum absolute atomic E-state index is 0. The van der Waals surface area contributed by atoms with Crippen molar-refractivity contribution in [3.05, 3.63) is 150 Å². The fraction of sp³-hybridized carbons (Fsp3) is 0.475. The third kappa shape index (κ3) is 36.0. The maximum atomic E-state index is 9.14. The van der Waals surface area contributed by atoms with Crippen molar-refractivity contribution in [3.63, 3.8) is 0 Å². The van der Waals surface area contributed by atoms with E-state index in [1.807, 2.05) is 41.3 Å². The minimum atomic E-state index is -0.0412. The predicted octanol–water partition coefficient (Wildman–Crippen LogP) is 13.7. The van der Waals surface area contributed by atoms with E-state index in [9.17, 15) is 0 Å². The number of benzene rings is 5. The number of nitrogen functional groups attached to an aromatic ring is 2. The summed E-state index contributed by atoms with van der Waals surface area (Å²) >= 11 is 36.2. The Morgan fingerprint density at radius 1 is 0.463 bits per heavy atom. The van der Waals surface area contributed by atoms with Gasteiger partial charge in [-0.1, -0.05) is 98.2 Å². The maximum absolute atomic E-state index is 9.14. The molecule has 0 bridgehead atoms. The van der Waals surface area contributed by atoms with E-state index in [1.165, 1.54) is 29.8 Å². The summed E-state index contributed by atoms with van der Waals surface area (Å²) in [7, 11) is 0.